The Morgan fingerprint density at radius 2 is 1.68 bits per heavy atom. The maximum absolute atomic E-state index is 13.1. The van der Waals surface area contributed by atoms with Crippen molar-refractivity contribution in [3.05, 3.63) is 64.0 Å². The Morgan fingerprint density at radius 1 is 1.09 bits per heavy atom. The highest BCUT2D eigenvalue weighted by Crippen LogP contribution is 2.46. The van der Waals surface area contributed by atoms with Gasteiger partial charge in [-0.3, -0.25) is 14.4 Å². The number of carbonyl (C=O) groups is 3. The number of alkyl halides is 3. The van der Waals surface area contributed by atoms with Crippen molar-refractivity contribution in [3.8, 4) is 11.8 Å². The molecular weight excluding hydrogens is 445 g/mol. The Balaban J connectivity index is 1.49. The van der Waals surface area contributed by atoms with Crippen LogP contribution < -0.4 is 0 Å². The van der Waals surface area contributed by atoms with Gasteiger partial charge >= 0.3 is 6.18 Å². The lowest BCUT2D eigenvalue weighted by Crippen LogP contribution is -2.62. The zero-order chi connectivity index (χ0) is 24.8. The third-order valence-electron chi connectivity index (χ3n) is 6.49. The summed E-state index contributed by atoms with van der Waals surface area (Å²) >= 11 is 0. The lowest BCUT2D eigenvalue weighted by Gasteiger charge is -2.52. The molecule has 4 rings (SSSR count). The number of nitrogens with zero attached hydrogens (tertiary/aromatic N) is 2. The van der Waals surface area contributed by atoms with Crippen LogP contribution in [0.1, 0.15) is 64.1 Å². The summed E-state index contributed by atoms with van der Waals surface area (Å²) in [5, 5.41) is 0. The quantitative estimate of drug-likeness (QED) is 0.488. The fourth-order valence-electron chi connectivity index (χ4n) is 5.16. The van der Waals surface area contributed by atoms with Crippen LogP contribution in [-0.4, -0.2) is 40.4 Å². The first-order valence-electron chi connectivity index (χ1n) is 10.9. The average molecular weight is 468 g/mol. The van der Waals surface area contributed by atoms with Crippen molar-refractivity contribution < 1.29 is 27.6 Å². The van der Waals surface area contributed by atoms with E-state index in [1.807, 2.05) is 26.0 Å². The molecule has 34 heavy (non-hydrogen) atoms. The van der Waals surface area contributed by atoms with E-state index < -0.39 is 29.1 Å². The molecule has 0 unspecified atom stereocenters. The van der Waals surface area contributed by atoms with Gasteiger partial charge < -0.3 is 4.90 Å². The van der Waals surface area contributed by atoms with E-state index in [0.717, 1.165) is 28.8 Å². The van der Waals surface area contributed by atoms with Gasteiger partial charge in [-0.1, -0.05) is 12.0 Å². The van der Waals surface area contributed by atoms with E-state index >= 15 is 0 Å². The zero-order valence-corrected chi connectivity index (χ0v) is 19.0. The molecule has 1 aromatic carbocycles. The molecule has 1 aliphatic carbocycles. The van der Waals surface area contributed by atoms with Crippen LogP contribution in [-0.2, 0) is 15.8 Å². The van der Waals surface area contributed by atoms with Crippen LogP contribution in [0, 0.1) is 31.1 Å². The smallest absolute Gasteiger partial charge is 0.336 e. The minimum atomic E-state index is -4.65. The summed E-state index contributed by atoms with van der Waals surface area (Å²) in [6, 6.07) is 6.91. The molecule has 2 aliphatic rings. The molecule has 1 amide bonds. The number of carbonyl (C=O) groups excluding carboxylic acids is 3. The molecule has 1 spiro atoms. The summed E-state index contributed by atoms with van der Waals surface area (Å²) in [5.41, 5.74) is 1.09. The third-order valence-corrected chi connectivity index (χ3v) is 6.49. The highest BCUT2D eigenvalue weighted by molar-refractivity contribution is 6.11. The summed E-state index contributed by atoms with van der Waals surface area (Å²) in [6.45, 7) is 5.73. The molecule has 0 bridgehead atoms. The molecule has 0 N–H and O–H groups in total. The summed E-state index contributed by atoms with van der Waals surface area (Å²) < 4.78 is 38.8. The second-order valence-corrected chi connectivity index (χ2v) is 9.18. The first kappa shape index (κ1) is 23.7. The van der Waals surface area contributed by atoms with Gasteiger partial charge in [0.25, 0.3) is 5.91 Å². The van der Waals surface area contributed by atoms with Crippen molar-refractivity contribution in [1.82, 2.24) is 9.88 Å². The summed E-state index contributed by atoms with van der Waals surface area (Å²) in [7, 11) is 0. The van der Waals surface area contributed by atoms with Crippen LogP contribution >= 0.6 is 0 Å². The standard InChI is InChI=1S/C26H23F3N2O3/c1-4-6-17-9-15(2)22(16(3)10-17)23-19(32)11-25(12-20(23)33)13-31(14-25)24(34)18-7-5-8-21(30-18)26(27,28)29/h5,7-10,23H,11-14H2,1-3H3. The van der Waals surface area contributed by atoms with Gasteiger partial charge in [-0.2, -0.15) is 13.2 Å². The van der Waals surface area contributed by atoms with Gasteiger partial charge in [0.2, 0.25) is 0 Å². The van der Waals surface area contributed by atoms with Crippen molar-refractivity contribution in [2.75, 3.05) is 13.1 Å². The SMILES string of the molecule is CC#Cc1cc(C)c(C2C(=O)CC3(CC2=O)CN(C(=O)c2cccc(C(F)(F)F)n2)C3)c(C)c1. The fourth-order valence-corrected chi connectivity index (χ4v) is 5.16. The van der Waals surface area contributed by atoms with Crippen molar-refractivity contribution in [2.45, 2.75) is 45.7 Å². The van der Waals surface area contributed by atoms with Crippen LogP contribution in [0.15, 0.2) is 30.3 Å². The molecule has 2 aromatic rings. The number of aryl methyl sites for hydroxylation is 2. The normalized spacial score (nSPS) is 17.9. The Hall–Kier alpha value is -3.47. The molecule has 5 nitrogen and oxygen atoms in total. The van der Waals surface area contributed by atoms with Gasteiger partial charge in [0, 0.05) is 36.9 Å². The van der Waals surface area contributed by atoms with Crippen molar-refractivity contribution >= 4 is 17.5 Å². The van der Waals surface area contributed by atoms with Gasteiger partial charge in [-0.05, 0) is 61.7 Å². The number of ketones is 2. The van der Waals surface area contributed by atoms with Gasteiger partial charge in [-0.25, -0.2) is 4.98 Å². The summed E-state index contributed by atoms with van der Waals surface area (Å²) in [5.74, 6) is 3.96. The monoisotopic (exact) mass is 468 g/mol. The summed E-state index contributed by atoms with van der Waals surface area (Å²) in [4.78, 5) is 43.7. The molecule has 176 valence electrons. The van der Waals surface area contributed by atoms with E-state index in [2.05, 4.69) is 16.8 Å². The minimum absolute atomic E-state index is 0.136. The molecule has 2 heterocycles. The van der Waals surface area contributed by atoms with E-state index in [9.17, 15) is 27.6 Å². The minimum Gasteiger partial charge on any atom is -0.336 e. The maximum atomic E-state index is 13.1. The maximum Gasteiger partial charge on any atom is 0.433 e. The van der Waals surface area contributed by atoms with Gasteiger partial charge in [0.15, 0.2) is 0 Å². The van der Waals surface area contributed by atoms with Crippen molar-refractivity contribution in [1.29, 1.82) is 0 Å². The number of halogens is 3. The van der Waals surface area contributed by atoms with E-state index in [1.165, 1.54) is 11.0 Å². The van der Waals surface area contributed by atoms with E-state index in [-0.39, 0.29) is 43.2 Å². The molecular formula is C26H23F3N2O3. The van der Waals surface area contributed by atoms with Gasteiger partial charge in [0.1, 0.15) is 28.9 Å². The average Bonchev–Trinajstić information content (AvgIpc) is 2.72. The molecule has 0 atom stereocenters. The predicted octanol–water partition coefficient (Wildman–Crippen LogP) is 4.25. The lowest BCUT2D eigenvalue weighted by atomic mass is 9.63. The fraction of sp³-hybridized carbons (Fsp3) is 0.385. The van der Waals surface area contributed by atoms with Crippen LogP contribution in [0.2, 0.25) is 0 Å². The Bertz CT molecular complexity index is 1220. The number of pyridine rings is 1. The first-order valence-corrected chi connectivity index (χ1v) is 10.9. The molecule has 1 aliphatic heterocycles. The molecule has 2 fully saturated rings. The van der Waals surface area contributed by atoms with E-state index in [0.29, 0.717) is 5.56 Å². The number of hydrogen-bond donors (Lipinski definition) is 0. The number of rotatable bonds is 2. The first-order chi connectivity index (χ1) is 15.9. The highest BCUT2D eigenvalue weighted by atomic mass is 19.4. The van der Waals surface area contributed by atoms with Gasteiger partial charge in [0.05, 0.1) is 0 Å². The topological polar surface area (TPSA) is 67.3 Å². The largest absolute Gasteiger partial charge is 0.433 e. The number of likely N-dealkylation sites (tertiary alicyclic amines) is 1. The molecule has 1 aromatic heterocycles. The molecule has 1 saturated heterocycles. The third kappa shape index (κ3) is 4.23. The number of amides is 1. The van der Waals surface area contributed by atoms with Crippen molar-refractivity contribution in [3.63, 3.8) is 0 Å². The van der Waals surface area contributed by atoms with Crippen LogP contribution in [0.5, 0.6) is 0 Å². The van der Waals surface area contributed by atoms with Crippen LogP contribution in [0.4, 0.5) is 13.2 Å². The Kier molecular flexibility index (Phi) is 5.84. The van der Waals surface area contributed by atoms with E-state index in [4.69, 9.17) is 0 Å². The van der Waals surface area contributed by atoms with Gasteiger partial charge in [-0.15, -0.1) is 5.92 Å². The second kappa shape index (κ2) is 8.39. The lowest BCUT2D eigenvalue weighted by molar-refractivity contribution is -0.143. The zero-order valence-electron chi connectivity index (χ0n) is 19.0. The number of Topliss-reactive ketones (excluding diaryl/α,β-unsaturated/α-hetero) is 2. The predicted molar refractivity (Wildman–Crippen MR) is 118 cm³/mol. The molecule has 0 radical (unpaired) electrons. The number of hydrogen-bond acceptors (Lipinski definition) is 4. The number of aromatic nitrogens is 1. The second-order valence-electron chi connectivity index (χ2n) is 9.18. The van der Waals surface area contributed by atoms with Crippen LogP contribution in [0.25, 0.3) is 0 Å². The molecule has 8 heteroatoms. The van der Waals surface area contributed by atoms with Crippen molar-refractivity contribution in [2.24, 2.45) is 5.41 Å². The number of benzene rings is 1. The summed E-state index contributed by atoms with van der Waals surface area (Å²) in [6.07, 6.45) is -4.38. The van der Waals surface area contributed by atoms with Crippen LogP contribution in [0.3, 0.4) is 0 Å². The Morgan fingerprint density at radius 3 is 2.21 bits per heavy atom. The molecule has 1 saturated carbocycles. The Labute approximate surface area is 195 Å². The van der Waals surface area contributed by atoms with E-state index in [1.54, 1.807) is 6.92 Å². The highest BCUT2D eigenvalue weighted by Gasteiger charge is 2.53.